The number of morpholine rings is 1. The molecule has 0 spiro atoms. The van der Waals surface area contributed by atoms with Gasteiger partial charge >= 0.3 is 0 Å². The lowest BCUT2D eigenvalue weighted by Gasteiger charge is -2.30. The summed E-state index contributed by atoms with van der Waals surface area (Å²) in [7, 11) is 1.96. The van der Waals surface area contributed by atoms with E-state index in [-0.39, 0.29) is 12.0 Å². The summed E-state index contributed by atoms with van der Waals surface area (Å²) in [5.74, 6) is 1.43. The molecule has 3 atom stereocenters. The molecule has 0 bridgehead atoms. The van der Waals surface area contributed by atoms with E-state index >= 15 is 0 Å². The van der Waals surface area contributed by atoms with Crippen molar-refractivity contribution < 1.29 is 14.0 Å². The molecule has 3 rings (SSSR count). The number of ether oxygens (including phenoxy) is 2. The van der Waals surface area contributed by atoms with Gasteiger partial charge in [-0.2, -0.15) is 4.98 Å². The van der Waals surface area contributed by atoms with Crippen molar-refractivity contribution in [2.75, 3.05) is 46.5 Å². The van der Waals surface area contributed by atoms with Gasteiger partial charge in [-0.1, -0.05) is 12.1 Å². The second kappa shape index (κ2) is 6.83. The Hall–Kier alpha value is -1.02. The van der Waals surface area contributed by atoms with Gasteiger partial charge in [0.2, 0.25) is 11.7 Å². The van der Waals surface area contributed by atoms with E-state index in [1.54, 1.807) is 0 Å². The zero-order chi connectivity index (χ0) is 14.7. The molecule has 21 heavy (non-hydrogen) atoms. The van der Waals surface area contributed by atoms with Crippen LogP contribution in [0.25, 0.3) is 0 Å². The van der Waals surface area contributed by atoms with E-state index in [2.05, 4.69) is 27.3 Å². The van der Waals surface area contributed by atoms with Gasteiger partial charge in [0.15, 0.2) is 0 Å². The predicted molar refractivity (Wildman–Crippen MR) is 76.1 cm³/mol. The molecular weight excluding hydrogens is 272 g/mol. The molecule has 0 amide bonds. The van der Waals surface area contributed by atoms with Crippen molar-refractivity contribution in [3.63, 3.8) is 0 Å². The number of nitrogens with one attached hydrogen (secondary N) is 1. The maximum absolute atomic E-state index is 5.78. The third-order valence-electron chi connectivity index (χ3n) is 4.39. The van der Waals surface area contributed by atoms with E-state index in [4.69, 9.17) is 14.0 Å². The highest BCUT2D eigenvalue weighted by Crippen LogP contribution is 2.27. The van der Waals surface area contributed by atoms with E-state index in [1.807, 2.05) is 7.05 Å². The Morgan fingerprint density at radius 2 is 2.29 bits per heavy atom. The van der Waals surface area contributed by atoms with Gasteiger partial charge in [-0.15, -0.1) is 0 Å². The highest BCUT2D eigenvalue weighted by Gasteiger charge is 2.32. The Morgan fingerprint density at radius 3 is 3.10 bits per heavy atom. The topological polar surface area (TPSA) is 72.7 Å². The first-order valence-electron chi connectivity index (χ1n) is 7.74. The van der Waals surface area contributed by atoms with Gasteiger partial charge in [-0.05, 0) is 20.0 Å². The maximum atomic E-state index is 5.78. The number of hydrogen-bond donors (Lipinski definition) is 1. The monoisotopic (exact) mass is 296 g/mol. The minimum atomic E-state index is -0.0891. The van der Waals surface area contributed by atoms with Crippen molar-refractivity contribution in [2.24, 2.45) is 0 Å². The Labute approximate surface area is 125 Å². The maximum Gasteiger partial charge on any atom is 0.233 e. The first-order valence-corrected chi connectivity index (χ1v) is 7.74. The molecule has 7 heteroatoms. The quantitative estimate of drug-likeness (QED) is 0.870. The molecule has 2 aliphatic heterocycles. The summed E-state index contributed by atoms with van der Waals surface area (Å²) in [5, 5.41) is 7.44. The molecular formula is C14H24N4O3. The number of hydrogen-bond acceptors (Lipinski definition) is 7. The summed E-state index contributed by atoms with van der Waals surface area (Å²) in [4.78, 5) is 6.91. The average Bonchev–Trinajstić information content (AvgIpc) is 3.04. The van der Waals surface area contributed by atoms with Crippen LogP contribution in [-0.2, 0) is 9.47 Å². The molecule has 1 aromatic rings. The van der Waals surface area contributed by atoms with Crippen molar-refractivity contribution in [3.8, 4) is 0 Å². The van der Waals surface area contributed by atoms with Crippen molar-refractivity contribution in [1.82, 2.24) is 20.4 Å². The molecule has 118 valence electrons. The molecule has 0 saturated carbocycles. The second-order valence-corrected chi connectivity index (χ2v) is 5.61. The fourth-order valence-corrected chi connectivity index (χ4v) is 3.00. The number of rotatable bonds is 4. The average molecular weight is 296 g/mol. The minimum absolute atomic E-state index is 0.0891. The minimum Gasteiger partial charge on any atom is -0.381 e. The van der Waals surface area contributed by atoms with Crippen LogP contribution in [0.1, 0.15) is 37.1 Å². The zero-order valence-corrected chi connectivity index (χ0v) is 12.7. The van der Waals surface area contributed by atoms with Crippen LogP contribution in [0.5, 0.6) is 0 Å². The van der Waals surface area contributed by atoms with E-state index in [0.29, 0.717) is 31.0 Å². The predicted octanol–water partition coefficient (Wildman–Crippen LogP) is 0.555. The van der Waals surface area contributed by atoms with Gasteiger partial charge in [0.1, 0.15) is 6.10 Å². The molecule has 1 N–H and O–H groups in total. The van der Waals surface area contributed by atoms with Crippen LogP contribution in [0.4, 0.5) is 0 Å². The third kappa shape index (κ3) is 3.26. The van der Waals surface area contributed by atoms with Gasteiger partial charge < -0.3 is 19.3 Å². The standard InChI is InChI=1S/C14H24N4O3/c1-3-18-5-7-20-12(8-18)13-16-14(21-17-13)10-9-19-6-4-11(10)15-2/h10-12,15H,3-9H2,1-2H3. The lowest BCUT2D eigenvalue weighted by atomic mass is 9.96. The molecule has 0 aromatic carbocycles. The summed E-state index contributed by atoms with van der Waals surface area (Å²) in [6.07, 6.45) is 0.872. The lowest BCUT2D eigenvalue weighted by Crippen LogP contribution is -2.39. The SMILES string of the molecule is CCN1CCOC(c2noc(C3COCCC3NC)n2)C1. The number of likely N-dealkylation sites (N-methyl/N-ethyl adjacent to an activating group) is 2. The Kier molecular flexibility index (Phi) is 4.84. The molecule has 1 aromatic heterocycles. The smallest absolute Gasteiger partial charge is 0.233 e. The van der Waals surface area contributed by atoms with Gasteiger partial charge in [-0.25, -0.2) is 0 Å². The summed E-state index contributed by atoms with van der Waals surface area (Å²) in [6, 6.07) is 0.325. The van der Waals surface area contributed by atoms with Gasteiger partial charge in [0.05, 0.1) is 19.1 Å². The van der Waals surface area contributed by atoms with Crippen molar-refractivity contribution in [2.45, 2.75) is 31.4 Å². The Balaban J connectivity index is 1.70. The lowest BCUT2D eigenvalue weighted by molar-refractivity contribution is -0.0334. The van der Waals surface area contributed by atoms with E-state index in [1.165, 1.54) is 0 Å². The second-order valence-electron chi connectivity index (χ2n) is 5.61. The first-order chi connectivity index (χ1) is 10.3. The largest absolute Gasteiger partial charge is 0.381 e. The molecule has 2 fully saturated rings. The van der Waals surface area contributed by atoms with E-state index < -0.39 is 0 Å². The molecule has 0 aliphatic carbocycles. The van der Waals surface area contributed by atoms with Gasteiger partial charge in [0.25, 0.3) is 0 Å². The zero-order valence-electron chi connectivity index (χ0n) is 12.7. The van der Waals surface area contributed by atoms with E-state index in [0.717, 1.165) is 32.7 Å². The summed E-state index contributed by atoms with van der Waals surface area (Å²) in [6.45, 7) is 7.08. The Bertz CT molecular complexity index is 453. The van der Waals surface area contributed by atoms with Crippen molar-refractivity contribution >= 4 is 0 Å². The van der Waals surface area contributed by atoms with Crippen LogP contribution in [0.3, 0.4) is 0 Å². The van der Waals surface area contributed by atoms with Gasteiger partial charge in [-0.3, -0.25) is 4.90 Å². The summed E-state index contributed by atoms with van der Waals surface area (Å²) in [5.41, 5.74) is 0. The number of nitrogens with zero attached hydrogens (tertiary/aromatic N) is 3. The van der Waals surface area contributed by atoms with E-state index in [9.17, 15) is 0 Å². The van der Waals surface area contributed by atoms with Crippen LogP contribution in [0, 0.1) is 0 Å². The van der Waals surface area contributed by atoms with Crippen LogP contribution < -0.4 is 5.32 Å². The molecule has 3 heterocycles. The molecule has 2 aliphatic rings. The molecule has 7 nitrogen and oxygen atoms in total. The molecule has 2 saturated heterocycles. The van der Waals surface area contributed by atoms with Crippen LogP contribution in [0.15, 0.2) is 4.52 Å². The van der Waals surface area contributed by atoms with Crippen molar-refractivity contribution in [3.05, 3.63) is 11.7 Å². The normalized spacial score (nSPS) is 31.4. The van der Waals surface area contributed by atoms with Crippen LogP contribution >= 0.6 is 0 Å². The summed E-state index contributed by atoms with van der Waals surface area (Å²) >= 11 is 0. The number of aromatic nitrogens is 2. The Morgan fingerprint density at radius 1 is 1.38 bits per heavy atom. The third-order valence-corrected chi connectivity index (χ3v) is 4.39. The highest BCUT2D eigenvalue weighted by molar-refractivity contribution is 5.03. The highest BCUT2D eigenvalue weighted by atomic mass is 16.5. The molecule has 0 radical (unpaired) electrons. The first kappa shape index (κ1) is 14.9. The molecule has 3 unspecified atom stereocenters. The fraction of sp³-hybridized carbons (Fsp3) is 0.857. The van der Waals surface area contributed by atoms with Crippen molar-refractivity contribution in [1.29, 1.82) is 0 Å². The van der Waals surface area contributed by atoms with Crippen LogP contribution in [-0.4, -0.2) is 67.6 Å². The van der Waals surface area contributed by atoms with Crippen LogP contribution in [0.2, 0.25) is 0 Å². The van der Waals surface area contributed by atoms with Gasteiger partial charge in [0, 0.05) is 25.7 Å². The summed E-state index contributed by atoms with van der Waals surface area (Å²) < 4.78 is 16.8. The fourth-order valence-electron chi connectivity index (χ4n) is 3.00.